The summed E-state index contributed by atoms with van der Waals surface area (Å²) in [4.78, 5) is 24.6. The fourth-order valence-corrected chi connectivity index (χ4v) is 4.68. The van der Waals surface area contributed by atoms with Crippen molar-refractivity contribution in [3.63, 3.8) is 0 Å². The monoisotopic (exact) mass is 563 g/mol. The van der Waals surface area contributed by atoms with E-state index in [0.29, 0.717) is 32.3 Å². The summed E-state index contributed by atoms with van der Waals surface area (Å²) in [6.45, 7) is 2.55. The van der Waals surface area contributed by atoms with Crippen LogP contribution in [0.2, 0.25) is 0 Å². The van der Waals surface area contributed by atoms with Crippen LogP contribution in [0, 0.1) is 0 Å². The quantitative estimate of drug-likeness (QED) is 0.0750. The lowest BCUT2D eigenvalue weighted by Crippen LogP contribution is -2.29. The Kier molecular flexibility index (Phi) is 24.6. The van der Waals surface area contributed by atoms with Gasteiger partial charge >= 0.3 is 11.9 Å². The molecule has 0 bridgehead atoms. The number of unbranched alkanes of at least 4 members (excludes halogenated alkanes) is 16. The first kappa shape index (κ1) is 36.1. The van der Waals surface area contributed by atoms with Crippen molar-refractivity contribution in [2.75, 3.05) is 19.9 Å². The van der Waals surface area contributed by atoms with Crippen LogP contribution in [0.4, 0.5) is 4.39 Å². The molecule has 0 fully saturated rings. The standard InChI is InChI=1S/C34H57FO5/c1-2-3-4-5-6-7-8-9-10-11-12-14-20-25-33(36)39-30-32(29-38-28-31-23-18-17-19-24-31)40-34(37)26-21-15-13-16-22-27-35/h17-19,23-24,32H,2-16,20-22,25-30H2,1H3/t32-/m0/s1/i35-1. The zero-order valence-electron chi connectivity index (χ0n) is 25.4. The van der Waals surface area contributed by atoms with E-state index in [-0.39, 0.29) is 31.8 Å². The third kappa shape index (κ3) is 22.8. The van der Waals surface area contributed by atoms with Gasteiger partial charge in [0.1, 0.15) is 6.61 Å². The minimum Gasteiger partial charge on any atom is -0.462 e. The van der Waals surface area contributed by atoms with Crippen LogP contribution in [-0.2, 0) is 30.4 Å². The fourth-order valence-electron chi connectivity index (χ4n) is 4.68. The van der Waals surface area contributed by atoms with Crippen LogP contribution in [0.5, 0.6) is 0 Å². The molecule has 230 valence electrons. The molecule has 0 aromatic heterocycles. The summed E-state index contributed by atoms with van der Waals surface area (Å²) < 4.78 is 29.0. The lowest BCUT2D eigenvalue weighted by molar-refractivity contribution is -0.163. The van der Waals surface area contributed by atoms with Crippen molar-refractivity contribution in [2.45, 2.75) is 148 Å². The van der Waals surface area contributed by atoms with E-state index in [4.69, 9.17) is 14.2 Å². The van der Waals surface area contributed by atoms with Gasteiger partial charge in [-0.3, -0.25) is 14.0 Å². The second-order valence-electron chi connectivity index (χ2n) is 11.0. The van der Waals surface area contributed by atoms with Crippen molar-refractivity contribution < 1.29 is 28.2 Å². The molecule has 0 saturated carbocycles. The van der Waals surface area contributed by atoms with Gasteiger partial charge in [-0.25, -0.2) is 0 Å². The normalized spacial score (nSPS) is 11.8. The highest BCUT2D eigenvalue weighted by molar-refractivity contribution is 5.70. The lowest BCUT2D eigenvalue weighted by Gasteiger charge is -2.18. The third-order valence-corrected chi connectivity index (χ3v) is 7.14. The number of esters is 2. The highest BCUT2D eigenvalue weighted by Gasteiger charge is 2.17. The van der Waals surface area contributed by atoms with Gasteiger partial charge in [-0.15, -0.1) is 0 Å². The first-order chi connectivity index (χ1) is 19.7. The van der Waals surface area contributed by atoms with Gasteiger partial charge in [-0.05, 0) is 24.8 Å². The van der Waals surface area contributed by atoms with Crippen LogP contribution in [0.25, 0.3) is 0 Å². The van der Waals surface area contributed by atoms with E-state index in [9.17, 15) is 14.0 Å². The van der Waals surface area contributed by atoms with Gasteiger partial charge in [0.25, 0.3) is 0 Å². The van der Waals surface area contributed by atoms with E-state index in [2.05, 4.69) is 6.92 Å². The number of benzene rings is 1. The second kappa shape index (κ2) is 27.2. The Morgan fingerprint density at radius 2 is 1.15 bits per heavy atom. The summed E-state index contributed by atoms with van der Waals surface area (Å²) in [5, 5.41) is 0. The van der Waals surface area contributed by atoms with Gasteiger partial charge in [-0.1, -0.05) is 134 Å². The number of rotatable bonds is 28. The number of carbonyl (C=O) groups is 2. The molecule has 0 aliphatic heterocycles. The van der Waals surface area contributed by atoms with E-state index in [1.807, 2.05) is 30.3 Å². The summed E-state index contributed by atoms with van der Waals surface area (Å²) in [6.07, 6.45) is 20.4. The summed E-state index contributed by atoms with van der Waals surface area (Å²) in [7, 11) is 0. The van der Waals surface area contributed by atoms with Gasteiger partial charge in [0.15, 0.2) is 6.10 Å². The number of hydrogen-bond donors (Lipinski definition) is 0. The van der Waals surface area contributed by atoms with Crippen LogP contribution in [0.3, 0.4) is 0 Å². The molecule has 0 N–H and O–H groups in total. The molecule has 0 spiro atoms. The predicted molar refractivity (Wildman–Crippen MR) is 161 cm³/mol. The Morgan fingerprint density at radius 1 is 0.650 bits per heavy atom. The number of alkyl halides is 1. The van der Waals surface area contributed by atoms with Gasteiger partial charge in [0, 0.05) is 12.8 Å². The minimum atomic E-state index is -0.627. The van der Waals surface area contributed by atoms with Crippen molar-refractivity contribution in [3.8, 4) is 0 Å². The van der Waals surface area contributed by atoms with Crippen LogP contribution < -0.4 is 0 Å². The Hall–Kier alpha value is -1.95. The molecule has 0 heterocycles. The Labute approximate surface area is 243 Å². The molecule has 0 amide bonds. The number of carbonyl (C=O) groups excluding carboxylic acids is 2. The van der Waals surface area contributed by atoms with Crippen molar-refractivity contribution in [1.82, 2.24) is 0 Å². The molecule has 6 heteroatoms. The Balaban J connectivity index is 2.19. The van der Waals surface area contributed by atoms with Crippen LogP contribution >= 0.6 is 0 Å². The first-order valence-electron chi connectivity index (χ1n) is 16.2. The van der Waals surface area contributed by atoms with Crippen molar-refractivity contribution in [1.29, 1.82) is 0 Å². The van der Waals surface area contributed by atoms with E-state index >= 15 is 0 Å². The average Bonchev–Trinajstić information content (AvgIpc) is 2.96. The zero-order chi connectivity index (χ0) is 28.9. The highest BCUT2D eigenvalue weighted by atomic mass is 18.2. The summed E-state index contributed by atoms with van der Waals surface area (Å²) in [5.74, 6) is -0.564. The average molecular weight is 564 g/mol. The van der Waals surface area contributed by atoms with Crippen molar-refractivity contribution in [2.24, 2.45) is 0 Å². The number of ether oxygens (including phenoxy) is 3. The Morgan fingerprint density at radius 3 is 1.70 bits per heavy atom. The molecule has 0 aliphatic rings. The molecule has 0 saturated heterocycles. The summed E-state index contributed by atoms with van der Waals surface area (Å²) >= 11 is 0. The maximum absolute atomic E-state index is 12.4. The van der Waals surface area contributed by atoms with Crippen LogP contribution in [0.15, 0.2) is 30.3 Å². The summed E-state index contributed by atoms with van der Waals surface area (Å²) in [5.41, 5.74) is 1.03. The van der Waals surface area contributed by atoms with E-state index in [0.717, 1.165) is 44.1 Å². The first-order valence-corrected chi connectivity index (χ1v) is 16.2. The van der Waals surface area contributed by atoms with Gasteiger partial charge < -0.3 is 14.2 Å². The summed E-state index contributed by atoms with van der Waals surface area (Å²) in [6, 6.07) is 9.78. The van der Waals surface area contributed by atoms with Crippen LogP contribution in [-0.4, -0.2) is 37.9 Å². The maximum Gasteiger partial charge on any atom is 0.306 e. The molecule has 1 aromatic carbocycles. The molecule has 5 nitrogen and oxygen atoms in total. The van der Waals surface area contributed by atoms with Crippen molar-refractivity contribution in [3.05, 3.63) is 35.9 Å². The smallest absolute Gasteiger partial charge is 0.306 e. The van der Waals surface area contributed by atoms with E-state index in [1.54, 1.807) is 0 Å². The third-order valence-electron chi connectivity index (χ3n) is 7.14. The van der Waals surface area contributed by atoms with Gasteiger partial charge in [-0.2, -0.15) is 0 Å². The Bertz CT molecular complexity index is 712. The topological polar surface area (TPSA) is 61.8 Å². The minimum absolute atomic E-state index is 0.00824. The SMILES string of the molecule is CCCCCCCCCCCCCCCC(=O)OC[C@H](COCc1ccccc1)OC(=O)CCCCCCC[18F]. The number of halogens is 1. The second-order valence-corrected chi connectivity index (χ2v) is 11.0. The fraction of sp³-hybridized carbons (Fsp3) is 0.765. The molecule has 40 heavy (non-hydrogen) atoms. The molecular formula is C34H57FO5. The molecule has 1 rings (SSSR count). The van der Waals surface area contributed by atoms with Crippen molar-refractivity contribution >= 4 is 11.9 Å². The molecular weight excluding hydrogens is 506 g/mol. The molecule has 0 aliphatic carbocycles. The van der Waals surface area contributed by atoms with Gasteiger partial charge in [0.05, 0.1) is 19.9 Å². The molecule has 0 radical (unpaired) electrons. The van der Waals surface area contributed by atoms with E-state index < -0.39 is 6.10 Å². The molecule has 0 unspecified atom stereocenters. The number of hydrogen-bond acceptors (Lipinski definition) is 5. The lowest BCUT2D eigenvalue weighted by atomic mass is 10.0. The molecule has 1 atom stereocenters. The predicted octanol–water partition coefficient (Wildman–Crippen LogP) is 9.45. The highest BCUT2D eigenvalue weighted by Crippen LogP contribution is 2.14. The largest absolute Gasteiger partial charge is 0.462 e. The van der Waals surface area contributed by atoms with Gasteiger partial charge in [0.2, 0.25) is 0 Å². The molecule has 1 aromatic rings. The zero-order valence-corrected chi connectivity index (χ0v) is 25.4. The maximum atomic E-state index is 12.4. The van der Waals surface area contributed by atoms with Crippen LogP contribution in [0.1, 0.15) is 141 Å². The van der Waals surface area contributed by atoms with E-state index in [1.165, 1.54) is 64.2 Å².